The number of pyridine rings is 1. The van der Waals surface area contributed by atoms with E-state index in [-0.39, 0.29) is 18.8 Å². The van der Waals surface area contributed by atoms with Gasteiger partial charge >= 0.3 is 0 Å². The Morgan fingerprint density at radius 3 is 2.36 bits per heavy atom. The molecular weight excluding hydrogens is 421 g/mol. The number of aromatic nitrogens is 1. The lowest BCUT2D eigenvalue weighted by Gasteiger charge is -2.30. The molecule has 2 amide bonds. The number of hydrogen-bond donors (Lipinski definition) is 1. The number of benzene rings is 2. The van der Waals surface area contributed by atoms with Gasteiger partial charge in [-0.15, -0.1) is 0 Å². The van der Waals surface area contributed by atoms with Crippen molar-refractivity contribution in [1.29, 1.82) is 0 Å². The van der Waals surface area contributed by atoms with E-state index in [9.17, 15) is 14.0 Å². The fraction of sp³-hybridized carbons (Fsp3) is 0.115. The lowest BCUT2D eigenvalue weighted by atomic mass is 10.0. The fourth-order valence-electron chi connectivity index (χ4n) is 3.49. The van der Waals surface area contributed by atoms with Gasteiger partial charge in [0.2, 0.25) is 5.91 Å². The lowest BCUT2D eigenvalue weighted by molar-refractivity contribution is -0.126. The molecule has 1 atom stereocenters. The Balaban J connectivity index is 1.70. The lowest BCUT2D eigenvalue weighted by Crippen LogP contribution is -2.43. The SMILES string of the molecule is O=C(NCc1ccccc1)[C@H](c1ccc(F)cc1)N(Cc1ccco1)C(=O)c1ccccn1. The quantitative estimate of drug-likeness (QED) is 0.435. The first-order chi connectivity index (χ1) is 16.1. The standard InChI is InChI=1S/C26H22FN3O3/c27-21-13-11-20(12-14-21)24(25(31)29-17-19-7-2-1-3-8-19)30(18-22-9-6-16-33-22)26(32)23-10-4-5-15-28-23/h1-16,24H,17-18H2,(H,29,31)/t24-/m0/s1. The summed E-state index contributed by atoms with van der Waals surface area (Å²) in [5.41, 5.74) is 1.57. The molecule has 0 fully saturated rings. The van der Waals surface area contributed by atoms with Crippen LogP contribution in [0.1, 0.15) is 33.4 Å². The molecule has 7 heteroatoms. The molecule has 0 aliphatic carbocycles. The number of halogens is 1. The summed E-state index contributed by atoms with van der Waals surface area (Å²) in [4.78, 5) is 32.5. The topological polar surface area (TPSA) is 75.4 Å². The van der Waals surface area contributed by atoms with Crippen LogP contribution in [-0.4, -0.2) is 21.7 Å². The van der Waals surface area contributed by atoms with Gasteiger partial charge < -0.3 is 14.6 Å². The molecule has 2 aromatic carbocycles. The van der Waals surface area contributed by atoms with E-state index < -0.39 is 23.7 Å². The maximum Gasteiger partial charge on any atom is 0.273 e. The number of nitrogens with one attached hydrogen (secondary N) is 1. The molecule has 2 aromatic heterocycles. The van der Waals surface area contributed by atoms with Crippen molar-refractivity contribution in [3.63, 3.8) is 0 Å². The molecule has 6 nitrogen and oxygen atoms in total. The second-order valence-electron chi connectivity index (χ2n) is 7.38. The van der Waals surface area contributed by atoms with E-state index in [1.54, 1.807) is 30.3 Å². The molecule has 4 aromatic rings. The molecule has 2 heterocycles. The molecular formula is C26H22FN3O3. The van der Waals surface area contributed by atoms with E-state index in [1.807, 2.05) is 30.3 Å². The molecule has 1 N–H and O–H groups in total. The van der Waals surface area contributed by atoms with Gasteiger partial charge in [0.25, 0.3) is 5.91 Å². The molecule has 0 spiro atoms. The highest BCUT2D eigenvalue weighted by molar-refractivity contribution is 5.96. The van der Waals surface area contributed by atoms with Crippen molar-refractivity contribution in [2.45, 2.75) is 19.1 Å². The monoisotopic (exact) mass is 443 g/mol. The van der Waals surface area contributed by atoms with E-state index in [4.69, 9.17) is 4.42 Å². The highest BCUT2D eigenvalue weighted by Gasteiger charge is 2.33. The second kappa shape index (κ2) is 10.4. The van der Waals surface area contributed by atoms with Gasteiger partial charge in [-0.2, -0.15) is 0 Å². The molecule has 166 valence electrons. The van der Waals surface area contributed by atoms with Gasteiger partial charge in [0.15, 0.2) is 0 Å². The second-order valence-corrected chi connectivity index (χ2v) is 7.38. The largest absolute Gasteiger partial charge is 0.467 e. The average molecular weight is 443 g/mol. The van der Waals surface area contributed by atoms with Crippen LogP contribution in [0.5, 0.6) is 0 Å². The van der Waals surface area contributed by atoms with Crippen molar-refractivity contribution in [2.75, 3.05) is 0 Å². The first kappa shape index (κ1) is 22.0. The average Bonchev–Trinajstić information content (AvgIpc) is 3.37. The van der Waals surface area contributed by atoms with Gasteiger partial charge in [-0.3, -0.25) is 14.6 Å². The first-order valence-corrected chi connectivity index (χ1v) is 10.4. The summed E-state index contributed by atoms with van der Waals surface area (Å²) in [6.07, 6.45) is 3.02. The van der Waals surface area contributed by atoms with Crippen LogP contribution in [0.3, 0.4) is 0 Å². The van der Waals surface area contributed by atoms with Crippen molar-refractivity contribution in [3.05, 3.63) is 126 Å². The fourth-order valence-corrected chi connectivity index (χ4v) is 3.49. The normalized spacial score (nSPS) is 11.5. The highest BCUT2D eigenvalue weighted by Crippen LogP contribution is 2.26. The van der Waals surface area contributed by atoms with Crippen LogP contribution in [0, 0.1) is 5.82 Å². The van der Waals surface area contributed by atoms with Crippen LogP contribution in [0.4, 0.5) is 4.39 Å². The van der Waals surface area contributed by atoms with Gasteiger partial charge in [-0.05, 0) is 47.5 Å². The van der Waals surface area contributed by atoms with Crippen molar-refractivity contribution in [2.24, 2.45) is 0 Å². The summed E-state index contributed by atoms with van der Waals surface area (Å²) in [6.45, 7) is 0.312. The van der Waals surface area contributed by atoms with E-state index in [2.05, 4.69) is 10.3 Å². The Kier molecular flexibility index (Phi) is 6.90. The van der Waals surface area contributed by atoms with Crippen molar-refractivity contribution < 1.29 is 18.4 Å². The van der Waals surface area contributed by atoms with Gasteiger partial charge in [-0.1, -0.05) is 48.5 Å². The Hall–Kier alpha value is -4.26. The van der Waals surface area contributed by atoms with E-state index in [0.717, 1.165) is 5.56 Å². The number of carbonyl (C=O) groups excluding carboxylic acids is 2. The Bertz CT molecular complexity index is 1180. The molecule has 0 aliphatic heterocycles. The van der Waals surface area contributed by atoms with E-state index >= 15 is 0 Å². The van der Waals surface area contributed by atoms with Crippen LogP contribution in [0.25, 0.3) is 0 Å². The maximum absolute atomic E-state index is 13.6. The summed E-state index contributed by atoms with van der Waals surface area (Å²) in [7, 11) is 0. The van der Waals surface area contributed by atoms with Crippen LogP contribution in [0.2, 0.25) is 0 Å². The van der Waals surface area contributed by atoms with Crippen molar-refractivity contribution in [3.8, 4) is 0 Å². The summed E-state index contributed by atoms with van der Waals surface area (Å²) in [6, 6.07) is 22.4. The number of rotatable bonds is 8. The molecule has 0 radical (unpaired) electrons. The van der Waals surface area contributed by atoms with Gasteiger partial charge in [0.1, 0.15) is 23.3 Å². The third kappa shape index (κ3) is 5.51. The van der Waals surface area contributed by atoms with E-state index in [0.29, 0.717) is 11.3 Å². The smallest absolute Gasteiger partial charge is 0.273 e. The zero-order chi connectivity index (χ0) is 23.0. The Labute approximate surface area is 190 Å². The predicted molar refractivity (Wildman–Crippen MR) is 120 cm³/mol. The minimum atomic E-state index is -1.03. The van der Waals surface area contributed by atoms with Crippen LogP contribution in [0.15, 0.2) is 102 Å². The molecule has 0 saturated heterocycles. The maximum atomic E-state index is 13.6. The molecule has 0 bridgehead atoms. The van der Waals surface area contributed by atoms with Gasteiger partial charge in [0.05, 0.1) is 12.8 Å². The zero-order valence-electron chi connectivity index (χ0n) is 17.7. The third-order valence-electron chi connectivity index (χ3n) is 5.11. The van der Waals surface area contributed by atoms with Crippen LogP contribution >= 0.6 is 0 Å². The summed E-state index contributed by atoms with van der Waals surface area (Å²) in [5, 5.41) is 2.90. The Morgan fingerprint density at radius 2 is 1.70 bits per heavy atom. The number of carbonyl (C=O) groups is 2. The van der Waals surface area contributed by atoms with Crippen LogP contribution in [-0.2, 0) is 17.9 Å². The molecule has 0 saturated carbocycles. The summed E-state index contributed by atoms with van der Waals surface area (Å²) >= 11 is 0. The summed E-state index contributed by atoms with van der Waals surface area (Å²) in [5.74, 6) is -0.782. The predicted octanol–water partition coefficient (Wildman–Crippen LogP) is 4.51. The van der Waals surface area contributed by atoms with Crippen molar-refractivity contribution in [1.82, 2.24) is 15.2 Å². The number of amides is 2. The summed E-state index contributed by atoms with van der Waals surface area (Å²) < 4.78 is 19.1. The van der Waals surface area contributed by atoms with Gasteiger partial charge in [-0.25, -0.2) is 4.39 Å². The number of furan rings is 1. The molecule has 0 unspecified atom stereocenters. The van der Waals surface area contributed by atoms with Crippen LogP contribution < -0.4 is 5.32 Å². The molecule has 0 aliphatic rings. The highest BCUT2D eigenvalue weighted by atomic mass is 19.1. The third-order valence-corrected chi connectivity index (χ3v) is 5.11. The van der Waals surface area contributed by atoms with Gasteiger partial charge in [0, 0.05) is 12.7 Å². The van der Waals surface area contributed by atoms with E-state index in [1.165, 1.54) is 41.6 Å². The minimum Gasteiger partial charge on any atom is -0.467 e. The minimum absolute atomic E-state index is 0.0310. The van der Waals surface area contributed by atoms with Crippen molar-refractivity contribution >= 4 is 11.8 Å². The Morgan fingerprint density at radius 1 is 0.939 bits per heavy atom. The molecule has 33 heavy (non-hydrogen) atoms. The molecule has 4 rings (SSSR count). The number of hydrogen-bond acceptors (Lipinski definition) is 4. The number of nitrogens with zero attached hydrogens (tertiary/aromatic N) is 2. The first-order valence-electron chi connectivity index (χ1n) is 10.4. The zero-order valence-corrected chi connectivity index (χ0v) is 17.7.